The molecule has 0 aromatic carbocycles. The average molecular weight is 379 g/mol. The molecular weight excluding hydrogens is 358 g/mol. The third-order valence-corrected chi connectivity index (χ3v) is 5.36. The number of fused-ring (bicyclic) bond motifs is 1. The first kappa shape index (κ1) is 16.9. The molecule has 2 saturated heterocycles. The summed E-state index contributed by atoms with van der Waals surface area (Å²) in [6, 6.07) is 5.73. The summed E-state index contributed by atoms with van der Waals surface area (Å²) in [6.45, 7) is 3.55. The number of amides is 1. The lowest BCUT2D eigenvalue weighted by molar-refractivity contribution is -0.132. The number of rotatable bonds is 3. The fourth-order valence-electron chi connectivity index (χ4n) is 3.92. The predicted molar refractivity (Wildman–Crippen MR) is 103 cm³/mol. The monoisotopic (exact) mass is 379 g/mol. The first-order valence-electron chi connectivity index (χ1n) is 9.58. The van der Waals surface area contributed by atoms with E-state index in [1.807, 2.05) is 21.9 Å². The van der Waals surface area contributed by atoms with Gasteiger partial charge in [0.2, 0.25) is 17.5 Å². The molecule has 1 atom stereocenters. The van der Waals surface area contributed by atoms with Crippen molar-refractivity contribution in [3.63, 3.8) is 0 Å². The minimum absolute atomic E-state index is 0.140. The van der Waals surface area contributed by atoms with Crippen molar-refractivity contribution in [2.24, 2.45) is 0 Å². The van der Waals surface area contributed by atoms with Crippen LogP contribution in [0.3, 0.4) is 0 Å². The summed E-state index contributed by atoms with van der Waals surface area (Å²) in [5.41, 5.74) is 1.22. The van der Waals surface area contributed by atoms with Gasteiger partial charge in [-0.15, -0.1) is 0 Å². The van der Waals surface area contributed by atoms with Crippen molar-refractivity contribution < 1.29 is 9.21 Å². The molecule has 9 nitrogen and oxygen atoms in total. The lowest BCUT2D eigenvalue weighted by Crippen LogP contribution is -2.54. The molecule has 28 heavy (non-hydrogen) atoms. The summed E-state index contributed by atoms with van der Waals surface area (Å²) in [5, 5.41) is 0. The third kappa shape index (κ3) is 3.02. The number of aromatic nitrogens is 4. The van der Waals surface area contributed by atoms with Crippen molar-refractivity contribution in [3.8, 4) is 0 Å². The first-order chi connectivity index (χ1) is 13.8. The highest BCUT2D eigenvalue weighted by molar-refractivity contribution is 5.86. The molecular formula is C19H21N7O2. The first-order valence-corrected chi connectivity index (χ1v) is 9.58. The molecule has 0 aliphatic carbocycles. The van der Waals surface area contributed by atoms with E-state index in [0.29, 0.717) is 30.3 Å². The van der Waals surface area contributed by atoms with Crippen molar-refractivity contribution in [1.29, 1.82) is 0 Å². The van der Waals surface area contributed by atoms with Gasteiger partial charge in [0.25, 0.3) is 0 Å². The molecule has 1 amide bonds. The zero-order chi connectivity index (χ0) is 18.9. The van der Waals surface area contributed by atoms with Crippen molar-refractivity contribution >= 4 is 29.1 Å². The fraction of sp³-hybridized carbons (Fsp3) is 0.421. The van der Waals surface area contributed by atoms with Crippen LogP contribution in [0.4, 0.5) is 12.0 Å². The van der Waals surface area contributed by atoms with Gasteiger partial charge in [0, 0.05) is 51.3 Å². The van der Waals surface area contributed by atoms with Crippen LogP contribution in [0.25, 0.3) is 11.2 Å². The number of hydrogen-bond donors (Lipinski definition) is 0. The van der Waals surface area contributed by atoms with Gasteiger partial charge in [-0.25, -0.2) is 15.0 Å². The summed E-state index contributed by atoms with van der Waals surface area (Å²) >= 11 is 0. The molecule has 3 aromatic rings. The third-order valence-electron chi connectivity index (χ3n) is 5.36. The Morgan fingerprint density at radius 2 is 1.79 bits per heavy atom. The zero-order valence-corrected chi connectivity index (χ0v) is 15.4. The van der Waals surface area contributed by atoms with Crippen LogP contribution in [0.1, 0.15) is 12.8 Å². The molecule has 9 heteroatoms. The number of oxazole rings is 1. The largest absolute Gasteiger partial charge is 0.422 e. The van der Waals surface area contributed by atoms with Gasteiger partial charge < -0.3 is 19.1 Å². The van der Waals surface area contributed by atoms with Gasteiger partial charge in [0.05, 0.1) is 0 Å². The summed E-state index contributed by atoms with van der Waals surface area (Å²) in [6.07, 6.45) is 6.93. The van der Waals surface area contributed by atoms with Crippen molar-refractivity contribution in [3.05, 3.63) is 36.8 Å². The van der Waals surface area contributed by atoms with Crippen LogP contribution in [0.15, 0.2) is 41.2 Å². The SMILES string of the molecule is O=C(C1CCCN1c1nc2ncccc2o1)N1CCN(c2ncccn2)CC1. The highest BCUT2D eigenvalue weighted by Gasteiger charge is 2.37. The number of nitrogens with zero attached hydrogens (tertiary/aromatic N) is 7. The molecule has 2 aliphatic rings. The molecule has 144 valence electrons. The van der Waals surface area contributed by atoms with Crippen LogP contribution in [0.5, 0.6) is 0 Å². The number of anilines is 2. The van der Waals surface area contributed by atoms with E-state index in [-0.39, 0.29) is 11.9 Å². The molecule has 0 bridgehead atoms. The molecule has 1 unspecified atom stereocenters. The van der Waals surface area contributed by atoms with Crippen molar-refractivity contribution in [2.45, 2.75) is 18.9 Å². The molecule has 3 aromatic heterocycles. The van der Waals surface area contributed by atoms with Crippen LogP contribution in [0, 0.1) is 0 Å². The van der Waals surface area contributed by atoms with E-state index in [9.17, 15) is 4.79 Å². The number of hydrogen-bond acceptors (Lipinski definition) is 8. The van der Waals surface area contributed by atoms with E-state index in [1.54, 1.807) is 24.7 Å². The van der Waals surface area contributed by atoms with Crippen LogP contribution in [-0.2, 0) is 4.79 Å². The molecule has 2 fully saturated rings. The predicted octanol–water partition coefficient (Wildman–Crippen LogP) is 1.33. The van der Waals surface area contributed by atoms with E-state index in [2.05, 4.69) is 24.8 Å². The van der Waals surface area contributed by atoms with E-state index in [4.69, 9.17) is 4.42 Å². The maximum absolute atomic E-state index is 13.2. The van der Waals surface area contributed by atoms with Gasteiger partial charge in [-0.1, -0.05) is 0 Å². The van der Waals surface area contributed by atoms with Gasteiger partial charge in [-0.3, -0.25) is 4.79 Å². The standard InChI is InChI=1S/C19H21N7O2/c27-17(24-10-12-25(13-11-24)18-21-7-3-8-22-18)14-4-2-9-26(14)19-23-16-15(28-19)5-1-6-20-16/h1,3,5-8,14H,2,4,9-13H2. The topological polar surface area (TPSA) is 91.5 Å². The Balaban J connectivity index is 1.28. The second-order valence-corrected chi connectivity index (χ2v) is 7.03. The number of pyridine rings is 1. The van der Waals surface area contributed by atoms with Gasteiger partial charge in [0.1, 0.15) is 6.04 Å². The van der Waals surface area contributed by atoms with Crippen LogP contribution >= 0.6 is 0 Å². The van der Waals surface area contributed by atoms with Gasteiger partial charge >= 0.3 is 6.01 Å². The molecule has 5 rings (SSSR count). The normalized spacial score (nSPS) is 20.1. The highest BCUT2D eigenvalue weighted by atomic mass is 16.4. The van der Waals surface area contributed by atoms with E-state index < -0.39 is 0 Å². The zero-order valence-electron chi connectivity index (χ0n) is 15.4. The summed E-state index contributed by atoms with van der Waals surface area (Å²) in [5.74, 6) is 0.859. The average Bonchev–Trinajstić information content (AvgIpc) is 3.41. The number of carbonyl (C=O) groups excluding carboxylic acids is 1. The molecule has 0 N–H and O–H groups in total. The smallest absolute Gasteiger partial charge is 0.300 e. The molecule has 0 saturated carbocycles. The number of carbonyl (C=O) groups is 1. The van der Waals surface area contributed by atoms with E-state index in [1.165, 1.54) is 0 Å². The molecule has 2 aliphatic heterocycles. The number of piperazine rings is 1. The van der Waals surface area contributed by atoms with Gasteiger partial charge in [-0.2, -0.15) is 4.98 Å². The highest BCUT2D eigenvalue weighted by Crippen LogP contribution is 2.29. The Morgan fingerprint density at radius 1 is 1.00 bits per heavy atom. The fourth-order valence-corrected chi connectivity index (χ4v) is 3.92. The summed E-state index contributed by atoms with van der Waals surface area (Å²) in [7, 11) is 0. The maximum atomic E-state index is 13.2. The minimum atomic E-state index is -0.229. The minimum Gasteiger partial charge on any atom is -0.422 e. The van der Waals surface area contributed by atoms with Gasteiger partial charge in [0.15, 0.2) is 5.58 Å². The molecule has 0 radical (unpaired) electrons. The Bertz CT molecular complexity index is 936. The van der Waals surface area contributed by atoms with Crippen molar-refractivity contribution in [2.75, 3.05) is 42.5 Å². The molecule has 0 spiro atoms. The summed E-state index contributed by atoms with van der Waals surface area (Å²) in [4.78, 5) is 36.5. The van der Waals surface area contributed by atoms with Crippen LogP contribution in [0.2, 0.25) is 0 Å². The lowest BCUT2D eigenvalue weighted by Gasteiger charge is -2.37. The molecule has 5 heterocycles. The maximum Gasteiger partial charge on any atom is 0.300 e. The Labute approximate surface area is 162 Å². The Kier molecular flexibility index (Phi) is 4.27. The van der Waals surface area contributed by atoms with Crippen LogP contribution in [-0.4, -0.2) is 69.5 Å². The Morgan fingerprint density at radius 3 is 2.57 bits per heavy atom. The second kappa shape index (κ2) is 7.06. The van der Waals surface area contributed by atoms with Gasteiger partial charge in [-0.05, 0) is 31.0 Å². The van der Waals surface area contributed by atoms with Crippen LogP contribution < -0.4 is 9.80 Å². The van der Waals surface area contributed by atoms with Crippen molar-refractivity contribution in [1.82, 2.24) is 24.8 Å². The Hall–Kier alpha value is -3.23. The quantitative estimate of drug-likeness (QED) is 0.673. The summed E-state index contributed by atoms with van der Waals surface area (Å²) < 4.78 is 5.85. The van der Waals surface area contributed by atoms with E-state index in [0.717, 1.165) is 38.4 Å². The second-order valence-electron chi connectivity index (χ2n) is 7.03. The lowest BCUT2D eigenvalue weighted by atomic mass is 10.1. The van der Waals surface area contributed by atoms with E-state index >= 15 is 0 Å².